The Kier molecular flexibility index (Phi) is 9.66. The Bertz CT molecular complexity index is 1200. The second kappa shape index (κ2) is 13.4. The smallest absolute Gasteiger partial charge is 0.231 e. The monoisotopic (exact) mass is 583 g/mol. The molecule has 3 aromatic carbocycles. The third kappa shape index (κ3) is 6.37. The minimum Gasteiger partial charge on any atom is -0.473 e. The standard InChI is InChI=1S/C28H28NO3P.C5H10.Fe/c1-19(29-28-24-16-26-25(31-18-32-26)15-20(24)17-30-28)23-13-8-14-27(23)33(21-9-4-2-5-10-21)22-11-6-3-7-12-22;1-2-4-5-3-1;/h2-7,9-12,15-16,19,23,27H,8,13-14,17-18H2,1H3;1-5H2;/t19-,23?,27?;;/m1../s1. The van der Waals surface area contributed by atoms with E-state index >= 15 is 0 Å². The van der Waals surface area contributed by atoms with Crippen LogP contribution < -0.4 is 20.1 Å². The molecule has 2 saturated carbocycles. The maximum Gasteiger partial charge on any atom is 0.231 e. The Morgan fingerprint density at radius 3 is 1.95 bits per heavy atom. The Balaban J connectivity index is 0.000000464. The maximum absolute atomic E-state index is 6.04. The van der Waals surface area contributed by atoms with Crippen molar-refractivity contribution in [2.24, 2.45) is 10.9 Å². The molecular formula is C33H38FeNO3P. The average Bonchev–Trinajstić information content (AvgIpc) is 3.78. The van der Waals surface area contributed by atoms with Crippen LogP contribution in [0.1, 0.15) is 69.4 Å². The van der Waals surface area contributed by atoms with Crippen molar-refractivity contribution in [2.75, 3.05) is 6.79 Å². The third-order valence-corrected chi connectivity index (χ3v) is 11.3. The zero-order valence-corrected chi connectivity index (χ0v) is 24.7. The first-order valence-corrected chi connectivity index (χ1v) is 15.7. The molecule has 2 aliphatic heterocycles. The van der Waals surface area contributed by atoms with Crippen LogP contribution in [0.4, 0.5) is 0 Å². The van der Waals surface area contributed by atoms with E-state index in [1.807, 2.05) is 12.1 Å². The molecule has 0 spiro atoms. The second-order valence-electron chi connectivity index (χ2n) is 10.8. The molecular weight excluding hydrogens is 545 g/mol. The number of ether oxygens (including phenoxy) is 3. The summed E-state index contributed by atoms with van der Waals surface area (Å²) < 4.78 is 17.2. The van der Waals surface area contributed by atoms with E-state index in [0.717, 1.165) is 28.5 Å². The second-order valence-corrected chi connectivity index (χ2v) is 13.2. The normalized spacial score (nSPS) is 22.6. The van der Waals surface area contributed by atoms with Crippen molar-refractivity contribution < 1.29 is 31.3 Å². The molecule has 2 fully saturated rings. The van der Waals surface area contributed by atoms with Gasteiger partial charge >= 0.3 is 0 Å². The molecule has 3 aromatic rings. The van der Waals surface area contributed by atoms with Crippen molar-refractivity contribution in [1.29, 1.82) is 0 Å². The molecule has 206 valence electrons. The summed E-state index contributed by atoms with van der Waals surface area (Å²) in [5, 5.41) is 2.93. The van der Waals surface area contributed by atoms with Crippen LogP contribution in [-0.2, 0) is 28.4 Å². The number of benzene rings is 3. The van der Waals surface area contributed by atoms with Gasteiger partial charge in [-0.3, -0.25) is 0 Å². The molecule has 3 atom stereocenters. The van der Waals surface area contributed by atoms with Crippen molar-refractivity contribution in [3.8, 4) is 11.5 Å². The van der Waals surface area contributed by atoms with Gasteiger partial charge in [-0.05, 0) is 62.0 Å². The minimum atomic E-state index is -0.445. The first-order valence-electron chi connectivity index (χ1n) is 14.3. The minimum absolute atomic E-state index is 0. The molecule has 2 aliphatic carbocycles. The van der Waals surface area contributed by atoms with Gasteiger partial charge in [-0.2, -0.15) is 0 Å². The number of hydrogen-bond acceptors (Lipinski definition) is 4. The van der Waals surface area contributed by atoms with E-state index < -0.39 is 7.92 Å². The van der Waals surface area contributed by atoms with Crippen LogP contribution in [0, 0.1) is 5.92 Å². The fourth-order valence-electron chi connectivity index (χ4n) is 6.36. The van der Waals surface area contributed by atoms with E-state index in [2.05, 4.69) is 67.6 Å². The topological polar surface area (TPSA) is 40.0 Å². The molecule has 7 rings (SSSR count). The summed E-state index contributed by atoms with van der Waals surface area (Å²) in [6.07, 6.45) is 11.2. The number of fused-ring (bicyclic) bond motifs is 2. The van der Waals surface area contributed by atoms with Gasteiger partial charge in [-0.15, -0.1) is 0 Å². The van der Waals surface area contributed by atoms with Gasteiger partial charge in [0.15, 0.2) is 11.5 Å². The molecule has 2 heterocycles. The van der Waals surface area contributed by atoms with E-state index in [9.17, 15) is 0 Å². The molecule has 0 radical (unpaired) electrons. The van der Waals surface area contributed by atoms with Crippen molar-refractivity contribution in [2.45, 2.75) is 76.6 Å². The van der Waals surface area contributed by atoms with Gasteiger partial charge in [0.05, 0.1) is 6.04 Å². The van der Waals surface area contributed by atoms with Gasteiger partial charge in [-0.1, -0.05) is 99.2 Å². The molecule has 39 heavy (non-hydrogen) atoms. The summed E-state index contributed by atoms with van der Waals surface area (Å²) in [5.74, 6) is 2.88. The van der Waals surface area contributed by atoms with Gasteiger partial charge in [-0.25, -0.2) is 4.99 Å². The predicted molar refractivity (Wildman–Crippen MR) is 157 cm³/mol. The van der Waals surface area contributed by atoms with Gasteiger partial charge in [0.25, 0.3) is 0 Å². The molecule has 4 nitrogen and oxygen atoms in total. The quantitative estimate of drug-likeness (QED) is 0.233. The van der Waals surface area contributed by atoms with Crippen LogP contribution in [0.25, 0.3) is 0 Å². The summed E-state index contributed by atoms with van der Waals surface area (Å²) in [5.41, 5.74) is 2.79. The van der Waals surface area contributed by atoms with Crippen LogP contribution >= 0.6 is 7.92 Å². The van der Waals surface area contributed by atoms with Crippen LogP contribution in [0.3, 0.4) is 0 Å². The molecule has 6 heteroatoms. The van der Waals surface area contributed by atoms with Crippen LogP contribution in [0.2, 0.25) is 0 Å². The van der Waals surface area contributed by atoms with Crippen molar-refractivity contribution in [3.63, 3.8) is 0 Å². The number of nitrogens with zero attached hydrogens (tertiary/aromatic N) is 1. The van der Waals surface area contributed by atoms with E-state index in [0.29, 0.717) is 18.2 Å². The molecule has 4 aliphatic rings. The molecule has 0 N–H and O–H groups in total. The summed E-state index contributed by atoms with van der Waals surface area (Å²) in [7, 11) is -0.445. The summed E-state index contributed by atoms with van der Waals surface area (Å²) >= 11 is 0. The summed E-state index contributed by atoms with van der Waals surface area (Å²) in [4.78, 5) is 5.15. The maximum atomic E-state index is 6.04. The summed E-state index contributed by atoms with van der Waals surface area (Å²) in [6.45, 7) is 3.11. The van der Waals surface area contributed by atoms with Crippen molar-refractivity contribution in [1.82, 2.24) is 0 Å². The fraction of sp³-hybridized carbons (Fsp3) is 0.424. The van der Waals surface area contributed by atoms with Crippen molar-refractivity contribution in [3.05, 3.63) is 83.9 Å². The molecule has 0 saturated heterocycles. The molecule has 0 amide bonds. The number of hydrogen-bond donors (Lipinski definition) is 0. The Morgan fingerprint density at radius 2 is 1.33 bits per heavy atom. The SMILES string of the molecule is C1CCCC1.C[C@@H](N=C1OCc2cc3c(cc21)OCO3)C1CCCC1P(c1ccccc1)c1ccccc1.[Fe]. The predicted octanol–water partition coefficient (Wildman–Crippen LogP) is 7.33. The van der Waals surface area contributed by atoms with Crippen LogP contribution in [0.15, 0.2) is 77.8 Å². The molecule has 2 unspecified atom stereocenters. The Morgan fingerprint density at radius 1 is 0.744 bits per heavy atom. The first-order chi connectivity index (χ1) is 18.8. The number of rotatable bonds is 5. The average molecular weight is 583 g/mol. The largest absolute Gasteiger partial charge is 0.473 e. The van der Waals surface area contributed by atoms with Gasteiger partial charge in [0.1, 0.15) is 6.61 Å². The Labute approximate surface area is 244 Å². The zero-order chi connectivity index (χ0) is 25.7. The van der Waals surface area contributed by atoms with Crippen LogP contribution in [0.5, 0.6) is 11.5 Å². The van der Waals surface area contributed by atoms with E-state index in [4.69, 9.17) is 19.2 Å². The van der Waals surface area contributed by atoms with Crippen LogP contribution in [-0.4, -0.2) is 24.4 Å². The number of aliphatic imine (C=N–C) groups is 1. The van der Waals surface area contributed by atoms with E-state index in [1.54, 1.807) is 0 Å². The van der Waals surface area contributed by atoms with E-state index in [1.165, 1.54) is 62.0 Å². The third-order valence-electron chi connectivity index (χ3n) is 8.32. The molecule has 0 aromatic heterocycles. The van der Waals surface area contributed by atoms with Crippen molar-refractivity contribution >= 4 is 24.4 Å². The fourth-order valence-corrected chi connectivity index (χ4v) is 9.63. The van der Waals surface area contributed by atoms with Gasteiger partial charge in [0.2, 0.25) is 12.7 Å². The zero-order valence-electron chi connectivity index (χ0n) is 22.7. The van der Waals surface area contributed by atoms with Gasteiger partial charge < -0.3 is 14.2 Å². The first kappa shape index (κ1) is 28.2. The summed E-state index contributed by atoms with van der Waals surface area (Å²) in [6, 6.07) is 26.4. The molecule has 0 bridgehead atoms. The van der Waals surface area contributed by atoms with E-state index in [-0.39, 0.29) is 29.9 Å². The van der Waals surface area contributed by atoms with Gasteiger partial charge in [0, 0.05) is 28.2 Å². The Hall–Kier alpha value is -2.32.